The van der Waals surface area contributed by atoms with E-state index in [9.17, 15) is 9.59 Å². The molecule has 2 fully saturated rings. The summed E-state index contributed by atoms with van der Waals surface area (Å²) in [6.45, 7) is 12.7. The van der Waals surface area contributed by atoms with Crippen LogP contribution in [0.2, 0.25) is 0 Å². The number of ether oxygens (including phenoxy) is 1. The van der Waals surface area contributed by atoms with Gasteiger partial charge >= 0.3 is 6.09 Å². The van der Waals surface area contributed by atoms with E-state index < -0.39 is 17.7 Å². The minimum Gasteiger partial charge on any atom is -0.444 e. The number of piperazine rings is 1. The van der Waals surface area contributed by atoms with Crippen LogP contribution in [0.4, 0.5) is 4.79 Å². The van der Waals surface area contributed by atoms with Crippen LogP contribution in [-0.2, 0) is 9.53 Å². The Morgan fingerprint density at radius 3 is 2.08 bits per heavy atom. The van der Waals surface area contributed by atoms with Gasteiger partial charge in [0.15, 0.2) is 0 Å². The number of hydrogen-bond donors (Lipinski definition) is 1. The Morgan fingerprint density at radius 1 is 1.04 bits per heavy atom. The summed E-state index contributed by atoms with van der Waals surface area (Å²) in [6.07, 6.45) is 4.73. The number of nitrogens with zero attached hydrogens (tertiary/aromatic N) is 2. The smallest absolute Gasteiger partial charge is 0.408 e. The van der Waals surface area contributed by atoms with Crippen molar-refractivity contribution in [2.24, 2.45) is 5.92 Å². The fourth-order valence-corrected chi connectivity index (χ4v) is 3.72. The summed E-state index contributed by atoms with van der Waals surface area (Å²) in [6, 6.07) is 0.172. The molecule has 25 heavy (non-hydrogen) atoms. The van der Waals surface area contributed by atoms with E-state index in [4.69, 9.17) is 4.74 Å². The molecule has 1 saturated heterocycles. The third-order valence-corrected chi connectivity index (χ3v) is 5.07. The van der Waals surface area contributed by atoms with Gasteiger partial charge in [0, 0.05) is 32.2 Å². The Labute approximate surface area is 152 Å². The molecule has 0 aromatic heterocycles. The number of alkyl carbamates (subject to hydrolysis) is 1. The van der Waals surface area contributed by atoms with Gasteiger partial charge in [-0.25, -0.2) is 4.79 Å². The molecule has 1 N–H and O–H groups in total. The van der Waals surface area contributed by atoms with Crippen LogP contribution >= 0.6 is 0 Å². The van der Waals surface area contributed by atoms with Gasteiger partial charge in [-0.15, -0.1) is 0 Å². The first-order valence-electron chi connectivity index (χ1n) is 9.70. The Morgan fingerprint density at radius 2 is 1.60 bits per heavy atom. The summed E-state index contributed by atoms with van der Waals surface area (Å²) in [5.41, 5.74) is -0.568. The molecule has 2 amide bonds. The van der Waals surface area contributed by atoms with Crippen molar-refractivity contribution in [1.29, 1.82) is 0 Å². The van der Waals surface area contributed by atoms with Gasteiger partial charge in [0.05, 0.1) is 0 Å². The maximum Gasteiger partial charge on any atom is 0.408 e. The Bertz CT molecular complexity index is 459. The number of hydrogen-bond acceptors (Lipinski definition) is 4. The molecule has 1 aliphatic carbocycles. The monoisotopic (exact) mass is 353 g/mol. The number of amides is 2. The second-order valence-corrected chi connectivity index (χ2v) is 8.67. The maximum absolute atomic E-state index is 12.9. The van der Waals surface area contributed by atoms with Crippen molar-refractivity contribution >= 4 is 12.0 Å². The van der Waals surface area contributed by atoms with Crippen molar-refractivity contribution < 1.29 is 14.3 Å². The minimum absolute atomic E-state index is 0.00642. The second kappa shape index (κ2) is 8.39. The molecule has 144 valence electrons. The highest BCUT2D eigenvalue weighted by atomic mass is 16.6. The molecule has 0 aromatic rings. The van der Waals surface area contributed by atoms with E-state index >= 15 is 0 Å². The van der Waals surface area contributed by atoms with E-state index in [1.165, 1.54) is 25.7 Å². The van der Waals surface area contributed by atoms with Crippen molar-refractivity contribution in [2.45, 2.75) is 78.0 Å². The van der Waals surface area contributed by atoms with Gasteiger partial charge < -0.3 is 15.0 Å². The highest BCUT2D eigenvalue weighted by Crippen LogP contribution is 2.24. The predicted octanol–water partition coefficient (Wildman–Crippen LogP) is 2.62. The third-order valence-electron chi connectivity index (χ3n) is 5.07. The molecule has 1 unspecified atom stereocenters. The summed E-state index contributed by atoms with van der Waals surface area (Å²) in [4.78, 5) is 29.4. The van der Waals surface area contributed by atoms with Crippen LogP contribution in [0.3, 0.4) is 0 Å². The van der Waals surface area contributed by atoms with Crippen LogP contribution in [0.15, 0.2) is 0 Å². The SMILES string of the molecule is CC(C)C(NC(=O)OC(C)(C)C)C(=O)N1CCN(C2CCCC2)CC1. The molecule has 1 saturated carbocycles. The predicted molar refractivity (Wildman–Crippen MR) is 98.4 cm³/mol. The third kappa shape index (κ3) is 5.87. The van der Waals surface area contributed by atoms with E-state index in [1.54, 1.807) is 0 Å². The average Bonchev–Trinajstić information content (AvgIpc) is 3.04. The first-order chi connectivity index (χ1) is 11.7. The maximum atomic E-state index is 12.9. The van der Waals surface area contributed by atoms with Crippen LogP contribution in [-0.4, -0.2) is 65.7 Å². The molecular formula is C19H35N3O3. The van der Waals surface area contributed by atoms with E-state index in [0.717, 1.165) is 26.2 Å². The van der Waals surface area contributed by atoms with Gasteiger partial charge in [-0.2, -0.15) is 0 Å². The van der Waals surface area contributed by atoms with Gasteiger partial charge in [-0.1, -0.05) is 26.7 Å². The lowest BCUT2D eigenvalue weighted by Gasteiger charge is -2.39. The standard InChI is InChI=1S/C19H35N3O3/c1-14(2)16(20-18(24)25-19(3,4)5)17(23)22-12-10-21(11-13-22)15-8-6-7-9-15/h14-16H,6-13H2,1-5H3,(H,20,24). The number of rotatable bonds is 4. The molecule has 2 rings (SSSR count). The summed E-state index contributed by atoms with van der Waals surface area (Å²) in [5.74, 6) is 0.0276. The lowest BCUT2D eigenvalue weighted by molar-refractivity contribution is -0.136. The van der Waals surface area contributed by atoms with Crippen LogP contribution < -0.4 is 5.32 Å². The lowest BCUT2D eigenvalue weighted by Crippen LogP contribution is -2.57. The number of nitrogens with one attached hydrogen (secondary N) is 1. The first kappa shape index (κ1) is 20.0. The van der Waals surface area contributed by atoms with Gasteiger partial charge in [0.2, 0.25) is 5.91 Å². The molecule has 1 atom stereocenters. The van der Waals surface area contributed by atoms with E-state index in [2.05, 4.69) is 10.2 Å². The zero-order valence-electron chi connectivity index (χ0n) is 16.5. The minimum atomic E-state index is -0.568. The topological polar surface area (TPSA) is 61.9 Å². The fraction of sp³-hybridized carbons (Fsp3) is 0.895. The Hall–Kier alpha value is -1.30. The molecule has 6 nitrogen and oxygen atoms in total. The van der Waals surface area contributed by atoms with Crippen LogP contribution in [0.5, 0.6) is 0 Å². The van der Waals surface area contributed by atoms with Crippen molar-refractivity contribution in [1.82, 2.24) is 15.1 Å². The molecular weight excluding hydrogens is 318 g/mol. The van der Waals surface area contributed by atoms with Crippen LogP contribution in [0.25, 0.3) is 0 Å². The van der Waals surface area contributed by atoms with Crippen molar-refractivity contribution in [2.75, 3.05) is 26.2 Å². The Balaban J connectivity index is 1.88. The van der Waals surface area contributed by atoms with E-state index in [1.807, 2.05) is 39.5 Å². The van der Waals surface area contributed by atoms with Crippen LogP contribution in [0, 0.1) is 5.92 Å². The quantitative estimate of drug-likeness (QED) is 0.844. The zero-order valence-corrected chi connectivity index (χ0v) is 16.5. The molecule has 2 aliphatic rings. The van der Waals surface area contributed by atoms with Gasteiger partial charge in [0.25, 0.3) is 0 Å². The van der Waals surface area contributed by atoms with Crippen molar-refractivity contribution in [3.05, 3.63) is 0 Å². The summed E-state index contributed by atoms with van der Waals surface area (Å²) in [7, 11) is 0. The second-order valence-electron chi connectivity index (χ2n) is 8.67. The summed E-state index contributed by atoms with van der Waals surface area (Å²) < 4.78 is 5.31. The summed E-state index contributed by atoms with van der Waals surface area (Å²) in [5, 5.41) is 2.77. The molecule has 0 spiro atoms. The van der Waals surface area contributed by atoms with Crippen molar-refractivity contribution in [3.63, 3.8) is 0 Å². The molecule has 0 radical (unpaired) electrons. The number of carbonyl (C=O) groups excluding carboxylic acids is 2. The molecule has 6 heteroatoms. The molecule has 1 heterocycles. The Kier molecular flexibility index (Phi) is 6.72. The van der Waals surface area contributed by atoms with Gasteiger partial charge in [-0.3, -0.25) is 9.69 Å². The van der Waals surface area contributed by atoms with E-state index in [-0.39, 0.29) is 11.8 Å². The normalized spacial score (nSPS) is 21.4. The van der Waals surface area contributed by atoms with Crippen LogP contribution in [0.1, 0.15) is 60.3 Å². The molecule has 1 aliphatic heterocycles. The van der Waals surface area contributed by atoms with Gasteiger partial charge in [0.1, 0.15) is 11.6 Å². The van der Waals surface area contributed by atoms with E-state index in [0.29, 0.717) is 6.04 Å². The largest absolute Gasteiger partial charge is 0.444 e. The average molecular weight is 354 g/mol. The highest BCUT2D eigenvalue weighted by molar-refractivity contribution is 5.86. The lowest BCUT2D eigenvalue weighted by atomic mass is 10.0. The summed E-state index contributed by atoms with van der Waals surface area (Å²) >= 11 is 0. The molecule has 0 aromatic carbocycles. The molecule has 0 bridgehead atoms. The first-order valence-corrected chi connectivity index (χ1v) is 9.70. The number of carbonyl (C=O) groups is 2. The van der Waals surface area contributed by atoms with Crippen molar-refractivity contribution in [3.8, 4) is 0 Å². The van der Waals surface area contributed by atoms with Gasteiger partial charge in [-0.05, 0) is 39.5 Å². The zero-order chi connectivity index (χ0) is 18.6. The fourth-order valence-electron chi connectivity index (χ4n) is 3.72. The highest BCUT2D eigenvalue weighted by Gasteiger charge is 2.33.